The molecule has 4 heteroatoms. The molecule has 1 atom stereocenters. The van der Waals surface area contributed by atoms with Crippen LogP contribution in [0.2, 0.25) is 5.02 Å². The molecule has 0 aromatic heterocycles. The van der Waals surface area contributed by atoms with Crippen LogP contribution in [-0.4, -0.2) is 6.54 Å². The highest BCUT2D eigenvalue weighted by molar-refractivity contribution is 7.80. The van der Waals surface area contributed by atoms with Crippen molar-refractivity contribution in [1.82, 2.24) is 0 Å². The van der Waals surface area contributed by atoms with Gasteiger partial charge in [-0.05, 0) is 18.6 Å². The second-order valence-corrected chi connectivity index (χ2v) is 4.08. The van der Waals surface area contributed by atoms with Gasteiger partial charge in [0.15, 0.2) is 0 Å². The van der Waals surface area contributed by atoms with Gasteiger partial charge in [0.05, 0.1) is 10.7 Å². The van der Waals surface area contributed by atoms with Crippen molar-refractivity contribution in [2.45, 2.75) is 11.7 Å². The van der Waals surface area contributed by atoms with Gasteiger partial charge in [0, 0.05) is 17.4 Å². The minimum absolute atomic E-state index is 0.0463. The van der Waals surface area contributed by atoms with Gasteiger partial charge in [0.2, 0.25) is 0 Å². The summed E-state index contributed by atoms with van der Waals surface area (Å²) in [6.07, 6.45) is 0.827. The van der Waals surface area contributed by atoms with Gasteiger partial charge in [-0.15, -0.1) is 0 Å². The van der Waals surface area contributed by atoms with Crippen molar-refractivity contribution in [2.24, 2.45) is 0 Å². The molecule has 0 saturated heterocycles. The maximum absolute atomic E-state index is 13.4. The molecule has 1 heterocycles. The Balaban J connectivity index is 2.60. The fourth-order valence-electron chi connectivity index (χ4n) is 1.55. The minimum Gasteiger partial charge on any atom is -0.383 e. The Hall–Kier alpha value is -0.410. The third kappa shape index (κ3) is 1.51. The summed E-state index contributed by atoms with van der Waals surface area (Å²) in [5, 5.41) is 3.60. The van der Waals surface area contributed by atoms with E-state index >= 15 is 0 Å². The quantitative estimate of drug-likeness (QED) is 0.636. The molecule has 1 nitrogen and oxygen atoms in total. The van der Waals surface area contributed by atoms with E-state index in [1.165, 1.54) is 6.07 Å². The molecule has 0 spiro atoms. The molecule has 1 aromatic rings. The second kappa shape index (κ2) is 3.39. The Kier molecular flexibility index (Phi) is 2.39. The lowest BCUT2D eigenvalue weighted by Gasteiger charge is -2.24. The van der Waals surface area contributed by atoms with Gasteiger partial charge in [0.1, 0.15) is 5.82 Å². The summed E-state index contributed by atoms with van der Waals surface area (Å²) in [5.74, 6) is -0.230. The minimum atomic E-state index is -0.230. The summed E-state index contributed by atoms with van der Waals surface area (Å²) < 4.78 is 13.4. The van der Waals surface area contributed by atoms with Gasteiger partial charge >= 0.3 is 0 Å². The zero-order valence-electron chi connectivity index (χ0n) is 6.85. The maximum atomic E-state index is 13.4. The van der Waals surface area contributed by atoms with Crippen LogP contribution >= 0.6 is 24.2 Å². The van der Waals surface area contributed by atoms with Gasteiger partial charge in [-0.3, -0.25) is 0 Å². The Morgan fingerprint density at radius 1 is 1.54 bits per heavy atom. The van der Waals surface area contributed by atoms with Crippen molar-refractivity contribution in [3.05, 3.63) is 28.5 Å². The van der Waals surface area contributed by atoms with Crippen LogP contribution in [0.25, 0.3) is 0 Å². The smallest absolute Gasteiger partial charge is 0.129 e. The van der Waals surface area contributed by atoms with E-state index in [9.17, 15) is 4.39 Å². The number of rotatable bonds is 0. The molecule has 0 radical (unpaired) electrons. The second-order valence-electron chi connectivity index (χ2n) is 3.05. The fraction of sp³-hybridized carbons (Fsp3) is 0.333. The summed E-state index contributed by atoms with van der Waals surface area (Å²) in [7, 11) is 0. The van der Waals surface area contributed by atoms with Gasteiger partial charge in [-0.2, -0.15) is 12.6 Å². The standard InChI is InChI=1S/C9H9ClFNS/c10-5-1-2-6(11)8-7(13)3-4-12-9(5)8/h1-2,7,12-13H,3-4H2. The first-order valence-corrected chi connectivity index (χ1v) is 4.99. The molecule has 1 N–H and O–H groups in total. The van der Waals surface area contributed by atoms with Crippen molar-refractivity contribution < 1.29 is 4.39 Å². The molecule has 1 aliphatic heterocycles. The predicted octanol–water partition coefficient (Wildman–Crippen LogP) is 3.27. The number of anilines is 1. The third-order valence-electron chi connectivity index (χ3n) is 2.19. The lowest BCUT2D eigenvalue weighted by atomic mass is 10.0. The highest BCUT2D eigenvalue weighted by atomic mass is 35.5. The van der Waals surface area contributed by atoms with E-state index in [2.05, 4.69) is 17.9 Å². The number of hydrogen-bond acceptors (Lipinski definition) is 2. The Morgan fingerprint density at radius 3 is 3.00 bits per heavy atom. The SMILES string of the molecule is Fc1ccc(Cl)c2c1C(S)CCN2. The number of hydrogen-bond donors (Lipinski definition) is 2. The average Bonchev–Trinajstić information content (AvgIpc) is 2.12. The van der Waals surface area contributed by atoms with E-state index < -0.39 is 0 Å². The van der Waals surface area contributed by atoms with Crippen molar-refractivity contribution in [3.8, 4) is 0 Å². The van der Waals surface area contributed by atoms with Crippen LogP contribution in [0.4, 0.5) is 10.1 Å². The molecule has 1 aromatic carbocycles. The molecule has 0 bridgehead atoms. The van der Waals surface area contributed by atoms with Crippen LogP contribution in [-0.2, 0) is 0 Å². The van der Waals surface area contributed by atoms with Crippen molar-refractivity contribution in [2.75, 3.05) is 11.9 Å². The zero-order valence-corrected chi connectivity index (χ0v) is 8.50. The van der Waals surface area contributed by atoms with Crippen LogP contribution < -0.4 is 5.32 Å². The normalized spacial score (nSPS) is 20.7. The van der Waals surface area contributed by atoms with Crippen LogP contribution in [0.5, 0.6) is 0 Å². The van der Waals surface area contributed by atoms with E-state index in [0.29, 0.717) is 16.3 Å². The van der Waals surface area contributed by atoms with Gasteiger partial charge in [0.25, 0.3) is 0 Å². The number of fused-ring (bicyclic) bond motifs is 1. The molecule has 70 valence electrons. The first-order valence-electron chi connectivity index (χ1n) is 4.10. The Morgan fingerprint density at radius 2 is 2.31 bits per heavy atom. The Labute approximate surface area is 86.7 Å². The molecule has 13 heavy (non-hydrogen) atoms. The van der Waals surface area contributed by atoms with Gasteiger partial charge < -0.3 is 5.32 Å². The number of nitrogens with one attached hydrogen (secondary N) is 1. The summed E-state index contributed by atoms with van der Waals surface area (Å²) in [5.41, 5.74) is 1.30. The maximum Gasteiger partial charge on any atom is 0.129 e. The van der Waals surface area contributed by atoms with Gasteiger partial charge in [-0.25, -0.2) is 4.39 Å². The molecular weight excluding hydrogens is 209 g/mol. The van der Waals surface area contributed by atoms with Crippen molar-refractivity contribution in [3.63, 3.8) is 0 Å². The van der Waals surface area contributed by atoms with E-state index in [4.69, 9.17) is 11.6 Å². The third-order valence-corrected chi connectivity index (χ3v) is 3.03. The Bertz CT molecular complexity index is 343. The summed E-state index contributed by atoms with van der Waals surface area (Å²) in [6.45, 7) is 0.796. The highest BCUT2D eigenvalue weighted by Gasteiger charge is 2.22. The van der Waals surface area contributed by atoms with E-state index in [1.807, 2.05) is 0 Å². The topological polar surface area (TPSA) is 12.0 Å². The number of thiol groups is 1. The lowest BCUT2D eigenvalue weighted by molar-refractivity contribution is 0.600. The van der Waals surface area contributed by atoms with Crippen LogP contribution in [0.3, 0.4) is 0 Å². The molecule has 0 saturated carbocycles. The monoisotopic (exact) mass is 217 g/mol. The highest BCUT2D eigenvalue weighted by Crippen LogP contribution is 2.39. The molecule has 0 fully saturated rings. The summed E-state index contributed by atoms with van der Waals surface area (Å²) >= 11 is 10.2. The van der Waals surface area contributed by atoms with E-state index in [-0.39, 0.29) is 11.1 Å². The fourth-order valence-corrected chi connectivity index (χ4v) is 2.16. The predicted molar refractivity (Wildman–Crippen MR) is 56.2 cm³/mol. The molecule has 2 rings (SSSR count). The summed E-state index contributed by atoms with van der Waals surface area (Å²) in [6, 6.07) is 2.95. The number of halogens is 2. The largest absolute Gasteiger partial charge is 0.383 e. The molecule has 0 aliphatic carbocycles. The first kappa shape index (κ1) is 9.16. The van der Waals surface area contributed by atoms with Gasteiger partial charge in [-0.1, -0.05) is 11.6 Å². The first-order chi connectivity index (χ1) is 6.20. The molecule has 1 unspecified atom stereocenters. The molecule has 0 amide bonds. The molecule has 1 aliphatic rings. The zero-order chi connectivity index (χ0) is 9.42. The average molecular weight is 218 g/mol. The van der Waals surface area contributed by atoms with Crippen molar-refractivity contribution in [1.29, 1.82) is 0 Å². The van der Waals surface area contributed by atoms with Crippen LogP contribution in [0, 0.1) is 5.82 Å². The molecular formula is C9H9ClFNS. The van der Waals surface area contributed by atoms with Crippen LogP contribution in [0.1, 0.15) is 17.2 Å². The van der Waals surface area contributed by atoms with E-state index in [1.54, 1.807) is 6.07 Å². The van der Waals surface area contributed by atoms with Crippen LogP contribution in [0.15, 0.2) is 12.1 Å². The van der Waals surface area contributed by atoms with Crippen molar-refractivity contribution >= 4 is 29.9 Å². The van der Waals surface area contributed by atoms with E-state index in [0.717, 1.165) is 13.0 Å². The number of benzene rings is 1. The lowest BCUT2D eigenvalue weighted by Crippen LogP contribution is -2.15. The summed E-state index contributed by atoms with van der Waals surface area (Å²) in [4.78, 5) is 0.